The van der Waals surface area contributed by atoms with E-state index in [4.69, 9.17) is 10.7 Å². The van der Waals surface area contributed by atoms with Gasteiger partial charge >= 0.3 is 0 Å². The van der Waals surface area contributed by atoms with Crippen LogP contribution in [-0.4, -0.2) is 18.6 Å². The van der Waals surface area contributed by atoms with Crippen LogP contribution >= 0.6 is 10.7 Å². The summed E-state index contributed by atoms with van der Waals surface area (Å²) >= 11 is 0. The molecule has 7 heteroatoms. The Hall–Kier alpha value is -1.27. The van der Waals surface area contributed by atoms with Crippen molar-refractivity contribution >= 4 is 30.6 Å². The predicted molar refractivity (Wildman–Crippen MR) is 52.0 cm³/mol. The van der Waals surface area contributed by atoms with Crippen molar-refractivity contribution in [3.05, 3.63) is 28.6 Å². The number of aromatic amines is 2. The van der Waals surface area contributed by atoms with Gasteiger partial charge in [0.2, 0.25) is 0 Å². The lowest BCUT2D eigenvalue weighted by Gasteiger charge is -1.94. The van der Waals surface area contributed by atoms with E-state index in [1.54, 1.807) is 0 Å². The number of hydrogen-bond acceptors (Lipinski definition) is 3. The third-order valence-corrected chi connectivity index (χ3v) is 3.18. The number of fused-ring (bicyclic) bond motifs is 1. The van der Waals surface area contributed by atoms with Crippen LogP contribution in [0.5, 0.6) is 0 Å². The number of H-pyrrole nitrogens is 2. The lowest BCUT2D eigenvalue weighted by atomic mass is 10.2. The zero-order chi connectivity index (χ0) is 10.3. The SMILES string of the molecule is O=c1[nH][nH]c2cc(S(=O)(=O)Cl)ccc12. The van der Waals surface area contributed by atoms with Gasteiger partial charge < -0.3 is 0 Å². The van der Waals surface area contributed by atoms with E-state index in [0.717, 1.165) is 0 Å². The molecule has 1 aromatic heterocycles. The number of aromatic nitrogens is 2. The summed E-state index contributed by atoms with van der Waals surface area (Å²) in [6.07, 6.45) is 0. The molecule has 0 radical (unpaired) electrons. The molecule has 74 valence electrons. The molecule has 2 aromatic rings. The van der Waals surface area contributed by atoms with Crippen LogP contribution in [-0.2, 0) is 9.05 Å². The van der Waals surface area contributed by atoms with Gasteiger partial charge in [0, 0.05) is 10.7 Å². The summed E-state index contributed by atoms with van der Waals surface area (Å²) in [6.45, 7) is 0. The van der Waals surface area contributed by atoms with Crippen molar-refractivity contribution in [2.24, 2.45) is 0 Å². The van der Waals surface area contributed by atoms with E-state index < -0.39 is 9.05 Å². The van der Waals surface area contributed by atoms with Crippen molar-refractivity contribution in [2.45, 2.75) is 4.90 Å². The average Bonchev–Trinajstić information content (AvgIpc) is 2.46. The smallest absolute Gasteiger partial charge is 0.271 e. The van der Waals surface area contributed by atoms with Crippen LogP contribution in [0.25, 0.3) is 10.9 Å². The van der Waals surface area contributed by atoms with Gasteiger partial charge in [-0.2, -0.15) is 0 Å². The molecule has 1 aromatic carbocycles. The summed E-state index contributed by atoms with van der Waals surface area (Å²) in [7, 11) is 1.39. The van der Waals surface area contributed by atoms with Crippen molar-refractivity contribution in [1.82, 2.24) is 10.2 Å². The standard InChI is InChI=1S/C7H5ClN2O3S/c8-14(12,13)4-1-2-5-6(3-4)9-10-7(5)11/h1-3H,(H2,9,10,11). The minimum Gasteiger partial charge on any atom is -0.297 e. The van der Waals surface area contributed by atoms with Crippen LogP contribution in [0, 0.1) is 0 Å². The van der Waals surface area contributed by atoms with Crippen LogP contribution in [0.1, 0.15) is 0 Å². The highest BCUT2D eigenvalue weighted by Gasteiger charge is 2.11. The number of hydrogen-bond donors (Lipinski definition) is 2. The normalized spacial score (nSPS) is 12.1. The minimum atomic E-state index is -3.75. The lowest BCUT2D eigenvalue weighted by molar-refractivity contribution is 0.609. The average molecular weight is 233 g/mol. The topological polar surface area (TPSA) is 82.8 Å². The van der Waals surface area contributed by atoms with E-state index >= 15 is 0 Å². The van der Waals surface area contributed by atoms with Crippen molar-refractivity contribution < 1.29 is 8.42 Å². The second-order valence-electron chi connectivity index (χ2n) is 2.72. The van der Waals surface area contributed by atoms with Crippen LogP contribution in [0.3, 0.4) is 0 Å². The quantitative estimate of drug-likeness (QED) is 0.713. The molecule has 14 heavy (non-hydrogen) atoms. The van der Waals surface area contributed by atoms with Gasteiger partial charge in [-0.05, 0) is 18.2 Å². The summed E-state index contributed by atoms with van der Waals surface area (Å²) in [6, 6.07) is 3.99. The van der Waals surface area contributed by atoms with Crippen LogP contribution in [0.4, 0.5) is 0 Å². The van der Waals surface area contributed by atoms with Crippen molar-refractivity contribution in [3.8, 4) is 0 Å². The molecule has 0 aliphatic carbocycles. The third kappa shape index (κ3) is 1.42. The van der Waals surface area contributed by atoms with Crippen LogP contribution in [0.15, 0.2) is 27.9 Å². The fourth-order valence-corrected chi connectivity index (χ4v) is 1.95. The van der Waals surface area contributed by atoms with E-state index in [1.165, 1.54) is 18.2 Å². The Morgan fingerprint density at radius 1 is 1.21 bits per heavy atom. The Bertz CT molecular complexity index is 640. The van der Waals surface area contributed by atoms with Gasteiger partial charge in [0.05, 0.1) is 15.8 Å². The summed E-state index contributed by atoms with van der Waals surface area (Å²) < 4.78 is 21.9. The van der Waals surface area contributed by atoms with Gasteiger partial charge in [-0.1, -0.05) is 0 Å². The second kappa shape index (κ2) is 2.86. The van der Waals surface area contributed by atoms with E-state index in [1.807, 2.05) is 0 Å². The van der Waals surface area contributed by atoms with E-state index in [-0.39, 0.29) is 10.5 Å². The highest BCUT2D eigenvalue weighted by Crippen LogP contribution is 2.17. The van der Waals surface area contributed by atoms with E-state index in [0.29, 0.717) is 10.9 Å². The molecular weight excluding hydrogens is 228 g/mol. The molecule has 0 unspecified atom stereocenters. The molecule has 0 spiro atoms. The molecule has 0 bridgehead atoms. The summed E-state index contributed by atoms with van der Waals surface area (Å²) in [5.41, 5.74) is 0.121. The Morgan fingerprint density at radius 3 is 2.57 bits per heavy atom. The lowest BCUT2D eigenvalue weighted by Crippen LogP contribution is -1.97. The molecule has 0 saturated heterocycles. The number of nitrogens with one attached hydrogen (secondary N) is 2. The fourth-order valence-electron chi connectivity index (χ4n) is 1.17. The third-order valence-electron chi connectivity index (χ3n) is 1.83. The monoisotopic (exact) mass is 232 g/mol. The molecule has 0 saturated carbocycles. The molecule has 5 nitrogen and oxygen atoms in total. The Kier molecular flexibility index (Phi) is 1.90. The highest BCUT2D eigenvalue weighted by atomic mass is 35.7. The molecule has 0 fully saturated rings. The Balaban J connectivity index is 2.82. The van der Waals surface area contributed by atoms with Gasteiger partial charge in [0.15, 0.2) is 0 Å². The minimum absolute atomic E-state index is 0.0399. The Labute approximate surface area is 83.1 Å². The van der Waals surface area contributed by atoms with Crippen molar-refractivity contribution in [2.75, 3.05) is 0 Å². The van der Waals surface area contributed by atoms with E-state index in [2.05, 4.69) is 10.2 Å². The molecule has 0 atom stereocenters. The number of benzene rings is 1. The summed E-state index contributed by atoms with van der Waals surface area (Å²) in [5.74, 6) is 0. The van der Waals surface area contributed by atoms with Gasteiger partial charge in [0.25, 0.3) is 14.6 Å². The first-order valence-electron chi connectivity index (χ1n) is 3.63. The molecular formula is C7H5ClN2O3S. The van der Waals surface area contributed by atoms with Gasteiger partial charge in [0.1, 0.15) is 0 Å². The largest absolute Gasteiger partial charge is 0.297 e. The van der Waals surface area contributed by atoms with E-state index in [9.17, 15) is 13.2 Å². The Morgan fingerprint density at radius 2 is 1.93 bits per heavy atom. The number of halogens is 1. The van der Waals surface area contributed by atoms with Crippen LogP contribution < -0.4 is 5.56 Å². The zero-order valence-electron chi connectivity index (χ0n) is 6.74. The maximum atomic E-state index is 11.1. The highest BCUT2D eigenvalue weighted by molar-refractivity contribution is 8.13. The van der Waals surface area contributed by atoms with Crippen molar-refractivity contribution in [3.63, 3.8) is 0 Å². The molecule has 2 rings (SSSR count). The maximum Gasteiger partial charge on any atom is 0.271 e. The first kappa shape index (κ1) is 9.29. The van der Waals surface area contributed by atoms with Crippen LogP contribution in [0.2, 0.25) is 0 Å². The maximum absolute atomic E-state index is 11.1. The summed E-state index contributed by atoms with van der Waals surface area (Å²) in [4.78, 5) is 11.0. The van der Waals surface area contributed by atoms with Gasteiger partial charge in [-0.3, -0.25) is 15.0 Å². The first-order chi connectivity index (χ1) is 6.48. The molecule has 0 aliphatic rings. The van der Waals surface area contributed by atoms with Gasteiger partial charge in [-0.25, -0.2) is 8.42 Å². The molecule has 1 heterocycles. The van der Waals surface area contributed by atoms with Gasteiger partial charge in [-0.15, -0.1) is 0 Å². The van der Waals surface area contributed by atoms with Crippen molar-refractivity contribution in [1.29, 1.82) is 0 Å². The predicted octanol–water partition coefficient (Wildman–Crippen LogP) is 0.784. The zero-order valence-corrected chi connectivity index (χ0v) is 8.32. The molecule has 2 N–H and O–H groups in total. The fraction of sp³-hybridized carbons (Fsp3) is 0. The number of rotatable bonds is 1. The molecule has 0 amide bonds. The molecule has 0 aliphatic heterocycles. The first-order valence-corrected chi connectivity index (χ1v) is 5.94. The summed E-state index contributed by atoms with van der Waals surface area (Å²) in [5, 5.41) is 5.27. The second-order valence-corrected chi connectivity index (χ2v) is 5.29.